The van der Waals surface area contributed by atoms with Gasteiger partial charge in [-0.25, -0.2) is 0 Å². The number of hydrogen-bond donors (Lipinski definition) is 1. The van der Waals surface area contributed by atoms with Crippen LogP contribution in [-0.2, 0) is 6.54 Å². The first-order chi connectivity index (χ1) is 8.06. The standard InChI is InChI=1S/C12H21N3O2/c1-8(2)12-13-11(17-14-12)7-15-5-4-9(3)10(16)6-15/h8-10,16H,4-7H2,1-3H3. The highest BCUT2D eigenvalue weighted by molar-refractivity contribution is 4.92. The lowest BCUT2D eigenvalue weighted by atomic mass is 9.96. The van der Waals surface area contributed by atoms with Crippen LogP contribution in [0.4, 0.5) is 0 Å². The smallest absolute Gasteiger partial charge is 0.240 e. The molecule has 1 saturated heterocycles. The quantitative estimate of drug-likeness (QED) is 0.863. The van der Waals surface area contributed by atoms with E-state index in [1.807, 2.05) is 13.8 Å². The number of nitrogens with zero attached hydrogens (tertiary/aromatic N) is 3. The van der Waals surface area contributed by atoms with E-state index in [4.69, 9.17) is 4.52 Å². The number of aliphatic hydroxyl groups excluding tert-OH is 1. The fourth-order valence-electron chi connectivity index (χ4n) is 2.02. The Hall–Kier alpha value is -0.940. The van der Waals surface area contributed by atoms with Gasteiger partial charge in [0.15, 0.2) is 5.82 Å². The van der Waals surface area contributed by atoms with E-state index in [2.05, 4.69) is 22.0 Å². The van der Waals surface area contributed by atoms with Crippen LogP contribution in [0, 0.1) is 5.92 Å². The molecule has 5 heteroatoms. The molecule has 0 bridgehead atoms. The number of likely N-dealkylation sites (tertiary alicyclic amines) is 1. The van der Waals surface area contributed by atoms with Crippen LogP contribution in [0.15, 0.2) is 4.52 Å². The Kier molecular flexibility index (Phi) is 3.79. The SMILES string of the molecule is CC(C)c1noc(CN2CCC(C)C(O)C2)n1. The fraction of sp³-hybridized carbons (Fsp3) is 0.833. The zero-order valence-electron chi connectivity index (χ0n) is 10.8. The molecular formula is C12H21N3O2. The van der Waals surface area contributed by atoms with Gasteiger partial charge in [-0.3, -0.25) is 4.90 Å². The summed E-state index contributed by atoms with van der Waals surface area (Å²) < 4.78 is 5.21. The molecule has 96 valence electrons. The van der Waals surface area contributed by atoms with Gasteiger partial charge in [0.05, 0.1) is 12.6 Å². The van der Waals surface area contributed by atoms with Crippen LogP contribution >= 0.6 is 0 Å². The summed E-state index contributed by atoms with van der Waals surface area (Å²) in [6, 6.07) is 0. The number of rotatable bonds is 3. The first kappa shape index (κ1) is 12.5. The molecule has 0 amide bonds. The normalized spacial score (nSPS) is 26.6. The average Bonchev–Trinajstić information content (AvgIpc) is 2.72. The van der Waals surface area contributed by atoms with E-state index in [0.29, 0.717) is 30.8 Å². The zero-order valence-corrected chi connectivity index (χ0v) is 10.8. The molecular weight excluding hydrogens is 218 g/mol. The van der Waals surface area contributed by atoms with Crippen molar-refractivity contribution in [3.05, 3.63) is 11.7 Å². The summed E-state index contributed by atoms with van der Waals surface area (Å²) in [6.07, 6.45) is 0.781. The lowest BCUT2D eigenvalue weighted by Crippen LogP contribution is -2.42. The first-order valence-electron chi connectivity index (χ1n) is 6.29. The van der Waals surface area contributed by atoms with Gasteiger partial charge in [-0.05, 0) is 18.9 Å². The third-order valence-electron chi connectivity index (χ3n) is 3.36. The van der Waals surface area contributed by atoms with Gasteiger partial charge in [0, 0.05) is 12.5 Å². The Morgan fingerprint density at radius 1 is 1.53 bits per heavy atom. The van der Waals surface area contributed by atoms with Crippen LogP contribution < -0.4 is 0 Å². The highest BCUT2D eigenvalue weighted by Gasteiger charge is 2.25. The molecule has 1 N–H and O–H groups in total. The van der Waals surface area contributed by atoms with E-state index < -0.39 is 0 Å². The Bertz CT molecular complexity index is 364. The lowest BCUT2D eigenvalue weighted by Gasteiger charge is -2.33. The highest BCUT2D eigenvalue weighted by atomic mass is 16.5. The van der Waals surface area contributed by atoms with E-state index in [0.717, 1.165) is 18.8 Å². The number of piperidine rings is 1. The molecule has 2 rings (SSSR count). The van der Waals surface area contributed by atoms with Gasteiger partial charge >= 0.3 is 0 Å². The number of aliphatic hydroxyl groups is 1. The minimum absolute atomic E-state index is 0.240. The molecule has 0 spiro atoms. The van der Waals surface area contributed by atoms with E-state index >= 15 is 0 Å². The molecule has 17 heavy (non-hydrogen) atoms. The molecule has 1 aromatic rings. The van der Waals surface area contributed by atoms with Crippen molar-refractivity contribution in [2.45, 2.75) is 45.8 Å². The minimum atomic E-state index is -0.240. The van der Waals surface area contributed by atoms with Crippen LogP contribution in [0.2, 0.25) is 0 Å². The third-order valence-corrected chi connectivity index (χ3v) is 3.36. The second-order valence-electron chi connectivity index (χ2n) is 5.27. The Morgan fingerprint density at radius 2 is 2.29 bits per heavy atom. The van der Waals surface area contributed by atoms with Gasteiger partial charge in [-0.2, -0.15) is 4.98 Å². The van der Waals surface area contributed by atoms with Gasteiger partial charge in [-0.15, -0.1) is 0 Å². The van der Waals surface area contributed by atoms with Gasteiger partial charge in [0.1, 0.15) is 0 Å². The van der Waals surface area contributed by atoms with E-state index in [1.165, 1.54) is 0 Å². The van der Waals surface area contributed by atoms with Crippen LogP contribution in [0.25, 0.3) is 0 Å². The van der Waals surface area contributed by atoms with E-state index in [9.17, 15) is 5.11 Å². The third kappa shape index (κ3) is 3.04. The molecule has 1 aliphatic rings. The number of aromatic nitrogens is 2. The molecule has 0 radical (unpaired) electrons. The first-order valence-corrected chi connectivity index (χ1v) is 6.29. The van der Waals surface area contributed by atoms with Crippen LogP contribution in [0.5, 0.6) is 0 Å². The number of β-amino-alcohol motifs (C(OH)–C–C–N with tert-alkyl or cyclic N) is 1. The summed E-state index contributed by atoms with van der Waals surface area (Å²) in [7, 11) is 0. The van der Waals surface area contributed by atoms with E-state index in [1.54, 1.807) is 0 Å². The largest absolute Gasteiger partial charge is 0.392 e. The summed E-state index contributed by atoms with van der Waals surface area (Å²) in [5.74, 6) is 2.08. The van der Waals surface area contributed by atoms with Crippen molar-refractivity contribution in [2.24, 2.45) is 5.92 Å². The van der Waals surface area contributed by atoms with Crippen LogP contribution in [0.3, 0.4) is 0 Å². The molecule has 1 aliphatic heterocycles. The molecule has 2 unspecified atom stereocenters. The van der Waals surface area contributed by atoms with Crippen molar-refractivity contribution in [1.82, 2.24) is 15.0 Å². The van der Waals surface area contributed by atoms with Gasteiger partial charge in [0.2, 0.25) is 5.89 Å². The zero-order chi connectivity index (χ0) is 12.4. The molecule has 2 heterocycles. The van der Waals surface area contributed by atoms with Gasteiger partial charge < -0.3 is 9.63 Å². The van der Waals surface area contributed by atoms with Crippen molar-refractivity contribution in [1.29, 1.82) is 0 Å². The maximum Gasteiger partial charge on any atom is 0.240 e. The topological polar surface area (TPSA) is 62.4 Å². The summed E-state index contributed by atoms with van der Waals surface area (Å²) in [4.78, 5) is 6.52. The van der Waals surface area contributed by atoms with Crippen molar-refractivity contribution in [2.75, 3.05) is 13.1 Å². The average molecular weight is 239 g/mol. The van der Waals surface area contributed by atoms with Crippen LogP contribution in [-0.4, -0.2) is 39.3 Å². The lowest BCUT2D eigenvalue weighted by molar-refractivity contribution is 0.0220. The van der Waals surface area contributed by atoms with Crippen molar-refractivity contribution in [3.8, 4) is 0 Å². The molecule has 1 aromatic heterocycles. The second-order valence-corrected chi connectivity index (χ2v) is 5.27. The molecule has 5 nitrogen and oxygen atoms in total. The Balaban J connectivity index is 1.92. The van der Waals surface area contributed by atoms with Crippen LogP contribution in [0.1, 0.15) is 44.8 Å². The van der Waals surface area contributed by atoms with Crippen molar-refractivity contribution in [3.63, 3.8) is 0 Å². The Morgan fingerprint density at radius 3 is 2.88 bits per heavy atom. The molecule has 0 aromatic carbocycles. The van der Waals surface area contributed by atoms with Crippen molar-refractivity contribution >= 4 is 0 Å². The monoisotopic (exact) mass is 239 g/mol. The minimum Gasteiger partial charge on any atom is -0.392 e. The summed E-state index contributed by atoms with van der Waals surface area (Å²) in [5, 5.41) is 13.8. The second kappa shape index (κ2) is 5.14. The van der Waals surface area contributed by atoms with E-state index in [-0.39, 0.29) is 6.10 Å². The highest BCUT2D eigenvalue weighted by Crippen LogP contribution is 2.19. The summed E-state index contributed by atoms with van der Waals surface area (Å²) in [5.41, 5.74) is 0. The van der Waals surface area contributed by atoms with Crippen molar-refractivity contribution < 1.29 is 9.63 Å². The molecule has 2 atom stereocenters. The molecule has 0 aliphatic carbocycles. The van der Waals surface area contributed by atoms with Gasteiger partial charge in [0.25, 0.3) is 0 Å². The summed E-state index contributed by atoms with van der Waals surface area (Å²) >= 11 is 0. The molecule has 0 saturated carbocycles. The number of hydrogen-bond acceptors (Lipinski definition) is 5. The maximum atomic E-state index is 9.81. The maximum absolute atomic E-state index is 9.81. The predicted molar refractivity (Wildman–Crippen MR) is 63.5 cm³/mol. The molecule has 1 fully saturated rings. The van der Waals surface area contributed by atoms with Gasteiger partial charge in [-0.1, -0.05) is 25.9 Å². The fourth-order valence-corrected chi connectivity index (χ4v) is 2.02. The summed E-state index contributed by atoms with van der Waals surface area (Å²) in [6.45, 7) is 8.50. The Labute approximate surface area is 102 Å². The predicted octanol–water partition coefficient (Wildman–Crippen LogP) is 1.40.